The van der Waals surface area contributed by atoms with Crippen molar-refractivity contribution in [2.45, 2.75) is 19.8 Å². The van der Waals surface area contributed by atoms with Crippen LogP contribution in [0.5, 0.6) is 0 Å². The Morgan fingerprint density at radius 3 is 2.44 bits per heavy atom. The van der Waals surface area contributed by atoms with Crippen LogP contribution in [0.25, 0.3) is 0 Å². The van der Waals surface area contributed by atoms with E-state index in [2.05, 4.69) is 17.2 Å². The number of hydrogen-bond acceptors (Lipinski definition) is 3. The third-order valence-electron chi connectivity index (χ3n) is 4.42. The summed E-state index contributed by atoms with van der Waals surface area (Å²) in [4.78, 5) is 30.7. The maximum atomic E-state index is 12.9. The molecule has 0 aliphatic carbocycles. The highest BCUT2D eigenvalue weighted by Crippen LogP contribution is 2.18. The molecule has 1 aromatic carbocycles. The van der Waals surface area contributed by atoms with Crippen molar-refractivity contribution in [3.63, 3.8) is 0 Å². The van der Waals surface area contributed by atoms with E-state index in [1.165, 1.54) is 36.7 Å². The van der Waals surface area contributed by atoms with Gasteiger partial charge in [0, 0.05) is 31.2 Å². The number of piperidine rings is 1. The third-order valence-corrected chi connectivity index (χ3v) is 4.42. The van der Waals surface area contributed by atoms with Gasteiger partial charge in [-0.3, -0.25) is 14.6 Å². The lowest BCUT2D eigenvalue weighted by Crippen LogP contribution is -2.38. The first-order chi connectivity index (χ1) is 12.0. The van der Waals surface area contributed by atoms with Gasteiger partial charge in [-0.1, -0.05) is 6.92 Å². The Labute approximate surface area is 145 Å². The second-order valence-corrected chi connectivity index (χ2v) is 6.40. The van der Waals surface area contributed by atoms with Crippen LogP contribution in [-0.4, -0.2) is 34.8 Å². The third kappa shape index (κ3) is 4.21. The van der Waals surface area contributed by atoms with Gasteiger partial charge >= 0.3 is 0 Å². The average Bonchev–Trinajstić information content (AvgIpc) is 2.64. The fourth-order valence-corrected chi connectivity index (χ4v) is 2.81. The Morgan fingerprint density at radius 2 is 1.76 bits per heavy atom. The molecular weight excluding hydrogens is 321 g/mol. The molecule has 1 N–H and O–H groups in total. The van der Waals surface area contributed by atoms with Crippen LogP contribution in [0.15, 0.2) is 42.7 Å². The molecule has 5 nitrogen and oxygen atoms in total. The van der Waals surface area contributed by atoms with Crippen LogP contribution < -0.4 is 5.32 Å². The van der Waals surface area contributed by atoms with Crippen molar-refractivity contribution in [2.24, 2.45) is 5.92 Å². The monoisotopic (exact) mass is 341 g/mol. The summed E-state index contributed by atoms with van der Waals surface area (Å²) in [6.45, 7) is 3.64. The van der Waals surface area contributed by atoms with Crippen molar-refractivity contribution < 1.29 is 14.0 Å². The summed E-state index contributed by atoms with van der Waals surface area (Å²) in [6, 6.07) is 7.04. The van der Waals surface area contributed by atoms with E-state index in [4.69, 9.17) is 0 Å². The van der Waals surface area contributed by atoms with Gasteiger partial charge in [0.25, 0.3) is 11.8 Å². The molecule has 2 heterocycles. The topological polar surface area (TPSA) is 62.3 Å². The second kappa shape index (κ2) is 7.42. The number of rotatable bonds is 3. The van der Waals surface area contributed by atoms with E-state index >= 15 is 0 Å². The Morgan fingerprint density at radius 1 is 1.12 bits per heavy atom. The van der Waals surface area contributed by atoms with E-state index in [0.717, 1.165) is 25.9 Å². The Bertz CT molecular complexity index is 768. The van der Waals surface area contributed by atoms with Crippen LogP contribution in [0.3, 0.4) is 0 Å². The van der Waals surface area contributed by atoms with E-state index in [9.17, 15) is 14.0 Å². The lowest BCUT2D eigenvalue weighted by molar-refractivity contribution is 0.0697. The average molecular weight is 341 g/mol. The van der Waals surface area contributed by atoms with E-state index in [0.29, 0.717) is 22.7 Å². The molecular formula is C19H20FN3O2. The number of anilines is 1. The number of carbonyl (C=O) groups excluding carboxylic acids is 2. The number of pyridine rings is 1. The quantitative estimate of drug-likeness (QED) is 0.931. The van der Waals surface area contributed by atoms with Crippen LogP contribution in [-0.2, 0) is 0 Å². The molecule has 6 heteroatoms. The molecule has 0 bridgehead atoms. The highest BCUT2D eigenvalue weighted by atomic mass is 19.1. The fourth-order valence-electron chi connectivity index (χ4n) is 2.81. The van der Waals surface area contributed by atoms with Gasteiger partial charge in [-0.25, -0.2) is 4.39 Å². The highest BCUT2D eigenvalue weighted by Gasteiger charge is 2.22. The van der Waals surface area contributed by atoms with Gasteiger partial charge in [-0.2, -0.15) is 0 Å². The summed E-state index contributed by atoms with van der Waals surface area (Å²) >= 11 is 0. The predicted molar refractivity (Wildman–Crippen MR) is 92.9 cm³/mol. The molecule has 2 amide bonds. The standard InChI is InChI=1S/C19H20FN3O2/c1-13-6-8-23(9-7-13)19(25)15-10-14(11-21-12-15)18(24)22-17-4-2-16(20)3-5-17/h2-5,10-13H,6-9H2,1H3,(H,22,24). The second-order valence-electron chi connectivity index (χ2n) is 6.40. The van der Waals surface area contributed by atoms with Crippen LogP contribution in [0.2, 0.25) is 0 Å². The molecule has 0 unspecified atom stereocenters. The summed E-state index contributed by atoms with van der Waals surface area (Å²) < 4.78 is 12.9. The molecule has 1 fully saturated rings. The maximum Gasteiger partial charge on any atom is 0.257 e. The Hall–Kier alpha value is -2.76. The number of carbonyl (C=O) groups is 2. The number of hydrogen-bond donors (Lipinski definition) is 1. The molecule has 1 aromatic heterocycles. The van der Waals surface area contributed by atoms with Crippen molar-refractivity contribution in [3.8, 4) is 0 Å². The molecule has 0 atom stereocenters. The van der Waals surface area contributed by atoms with Gasteiger partial charge in [-0.15, -0.1) is 0 Å². The number of benzene rings is 1. The lowest BCUT2D eigenvalue weighted by atomic mass is 9.98. The smallest absolute Gasteiger partial charge is 0.257 e. The number of halogens is 1. The molecule has 130 valence electrons. The summed E-state index contributed by atoms with van der Waals surface area (Å²) in [5.74, 6) is -0.227. The van der Waals surface area contributed by atoms with Gasteiger partial charge in [0.1, 0.15) is 5.82 Å². The molecule has 0 saturated carbocycles. The number of amides is 2. The Kier molecular flexibility index (Phi) is 5.07. The molecule has 1 saturated heterocycles. The minimum atomic E-state index is -0.388. The zero-order valence-corrected chi connectivity index (χ0v) is 14.0. The van der Waals surface area contributed by atoms with E-state index in [-0.39, 0.29) is 17.6 Å². The molecule has 1 aliphatic heterocycles. The van der Waals surface area contributed by atoms with Crippen molar-refractivity contribution in [3.05, 3.63) is 59.7 Å². The molecule has 1 aliphatic rings. The maximum absolute atomic E-state index is 12.9. The highest BCUT2D eigenvalue weighted by molar-refractivity contribution is 6.05. The van der Waals surface area contributed by atoms with Crippen molar-refractivity contribution in [1.29, 1.82) is 0 Å². The zero-order valence-electron chi connectivity index (χ0n) is 14.0. The minimum Gasteiger partial charge on any atom is -0.339 e. The van der Waals surface area contributed by atoms with Gasteiger partial charge in [0.15, 0.2) is 0 Å². The number of nitrogens with one attached hydrogen (secondary N) is 1. The summed E-state index contributed by atoms with van der Waals surface area (Å²) in [6.07, 6.45) is 4.87. The van der Waals surface area contributed by atoms with Crippen LogP contribution in [0.4, 0.5) is 10.1 Å². The van der Waals surface area contributed by atoms with E-state index in [1.54, 1.807) is 11.0 Å². The van der Waals surface area contributed by atoms with Gasteiger partial charge in [-0.05, 0) is 49.1 Å². The number of likely N-dealkylation sites (tertiary alicyclic amines) is 1. The van der Waals surface area contributed by atoms with Crippen LogP contribution in [0, 0.1) is 11.7 Å². The first-order valence-electron chi connectivity index (χ1n) is 8.34. The fraction of sp³-hybridized carbons (Fsp3) is 0.316. The van der Waals surface area contributed by atoms with Gasteiger partial charge < -0.3 is 10.2 Å². The van der Waals surface area contributed by atoms with Crippen molar-refractivity contribution >= 4 is 17.5 Å². The van der Waals surface area contributed by atoms with E-state index < -0.39 is 0 Å². The molecule has 25 heavy (non-hydrogen) atoms. The first-order valence-corrected chi connectivity index (χ1v) is 8.34. The summed E-state index contributed by atoms with van der Waals surface area (Å²) in [5.41, 5.74) is 1.18. The molecule has 0 radical (unpaired) electrons. The SMILES string of the molecule is CC1CCN(C(=O)c2cncc(C(=O)Nc3ccc(F)cc3)c2)CC1. The first kappa shape index (κ1) is 17.1. The summed E-state index contributed by atoms with van der Waals surface area (Å²) in [5, 5.41) is 2.67. The van der Waals surface area contributed by atoms with E-state index in [1.807, 2.05) is 0 Å². The van der Waals surface area contributed by atoms with Crippen LogP contribution >= 0.6 is 0 Å². The molecule has 3 rings (SSSR count). The molecule has 0 spiro atoms. The number of nitrogens with zero attached hydrogens (tertiary/aromatic N) is 2. The Balaban J connectivity index is 1.71. The normalized spacial score (nSPS) is 15.0. The van der Waals surface area contributed by atoms with Gasteiger partial charge in [0.05, 0.1) is 11.1 Å². The number of aromatic nitrogens is 1. The van der Waals surface area contributed by atoms with Crippen molar-refractivity contribution in [1.82, 2.24) is 9.88 Å². The van der Waals surface area contributed by atoms with Gasteiger partial charge in [0.2, 0.25) is 0 Å². The summed E-state index contributed by atoms with van der Waals surface area (Å²) in [7, 11) is 0. The minimum absolute atomic E-state index is 0.101. The van der Waals surface area contributed by atoms with Crippen molar-refractivity contribution in [2.75, 3.05) is 18.4 Å². The van der Waals surface area contributed by atoms with Crippen LogP contribution in [0.1, 0.15) is 40.5 Å². The lowest BCUT2D eigenvalue weighted by Gasteiger charge is -2.30. The molecule has 2 aromatic rings. The zero-order chi connectivity index (χ0) is 17.8. The largest absolute Gasteiger partial charge is 0.339 e. The predicted octanol–water partition coefficient (Wildman–Crippen LogP) is 3.35.